The molecule has 1 aliphatic heterocycles. The molecule has 1 heterocycles. The summed E-state index contributed by atoms with van der Waals surface area (Å²) in [6.07, 6.45) is 10.4. The maximum atomic E-state index is 10.9. The van der Waals surface area contributed by atoms with E-state index in [4.69, 9.17) is 19.1 Å². The SMILES string of the molecule is CCCCCCCCCCC1OC(=O)CC1O.O=[P+](O)O. The van der Waals surface area contributed by atoms with Gasteiger partial charge in [-0.2, -0.15) is 0 Å². The second-order valence-electron chi connectivity index (χ2n) is 5.32. The van der Waals surface area contributed by atoms with Gasteiger partial charge in [-0.25, -0.2) is 0 Å². The predicted octanol–water partition coefficient (Wildman–Crippen LogP) is 2.82. The minimum absolute atomic E-state index is 0.182. The molecule has 3 N–H and O–H groups in total. The highest BCUT2D eigenvalue weighted by molar-refractivity contribution is 7.30. The van der Waals surface area contributed by atoms with E-state index in [2.05, 4.69) is 6.92 Å². The first-order chi connectivity index (χ1) is 9.97. The third-order valence-electron chi connectivity index (χ3n) is 3.43. The van der Waals surface area contributed by atoms with Crippen LogP contribution in [0.5, 0.6) is 0 Å². The average molecular weight is 323 g/mol. The van der Waals surface area contributed by atoms with Crippen molar-refractivity contribution in [2.45, 2.75) is 83.3 Å². The fourth-order valence-corrected chi connectivity index (χ4v) is 2.33. The Balaban J connectivity index is 0.000000885. The van der Waals surface area contributed by atoms with Crippen molar-refractivity contribution in [3.05, 3.63) is 0 Å². The van der Waals surface area contributed by atoms with Crippen LogP contribution in [0.1, 0.15) is 71.1 Å². The van der Waals surface area contributed by atoms with E-state index in [9.17, 15) is 9.90 Å². The van der Waals surface area contributed by atoms with Crippen LogP contribution in [0.3, 0.4) is 0 Å². The average Bonchev–Trinajstić information content (AvgIpc) is 2.70. The number of aliphatic hydroxyl groups is 1. The number of ether oxygens (including phenoxy) is 1. The van der Waals surface area contributed by atoms with Crippen molar-refractivity contribution in [1.82, 2.24) is 0 Å². The molecule has 2 atom stereocenters. The molecule has 0 spiro atoms. The molecule has 21 heavy (non-hydrogen) atoms. The number of hydrogen-bond donors (Lipinski definition) is 3. The number of carbonyl (C=O) groups excluding carboxylic acids is 1. The predicted molar refractivity (Wildman–Crippen MR) is 79.8 cm³/mol. The Kier molecular flexibility index (Phi) is 12.8. The zero-order chi connectivity index (χ0) is 16.1. The van der Waals surface area contributed by atoms with Gasteiger partial charge in [0.2, 0.25) is 0 Å². The van der Waals surface area contributed by atoms with Crippen LogP contribution in [0, 0.1) is 0 Å². The van der Waals surface area contributed by atoms with Gasteiger partial charge < -0.3 is 9.84 Å². The van der Waals surface area contributed by atoms with Crippen LogP contribution in [0.2, 0.25) is 0 Å². The molecule has 2 unspecified atom stereocenters. The van der Waals surface area contributed by atoms with Crippen LogP contribution >= 0.6 is 8.25 Å². The molecule has 0 bridgehead atoms. The van der Waals surface area contributed by atoms with Crippen LogP contribution in [-0.4, -0.2) is 33.1 Å². The van der Waals surface area contributed by atoms with Crippen LogP contribution < -0.4 is 0 Å². The molecule has 0 aromatic carbocycles. The smallest absolute Gasteiger partial charge is 0.460 e. The molecule has 1 rings (SSSR count). The maximum Gasteiger partial charge on any atom is 0.692 e. The van der Waals surface area contributed by atoms with Gasteiger partial charge in [0.1, 0.15) is 12.2 Å². The van der Waals surface area contributed by atoms with Crippen molar-refractivity contribution in [3.8, 4) is 0 Å². The lowest BCUT2D eigenvalue weighted by Crippen LogP contribution is -2.20. The summed E-state index contributed by atoms with van der Waals surface area (Å²) >= 11 is 0. The summed E-state index contributed by atoms with van der Waals surface area (Å²) in [4.78, 5) is 25.2. The number of unbranched alkanes of at least 4 members (excludes halogenated alkanes) is 7. The van der Waals surface area contributed by atoms with Crippen molar-refractivity contribution < 1.29 is 29.0 Å². The van der Waals surface area contributed by atoms with Crippen molar-refractivity contribution >= 4 is 14.2 Å². The minimum atomic E-state index is -2.87. The van der Waals surface area contributed by atoms with Gasteiger partial charge in [0.15, 0.2) is 0 Å². The van der Waals surface area contributed by atoms with Gasteiger partial charge in [-0.1, -0.05) is 51.9 Å². The zero-order valence-electron chi connectivity index (χ0n) is 12.7. The quantitative estimate of drug-likeness (QED) is 0.342. The summed E-state index contributed by atoms with van der Waals surface area (Å²) < 4.78 is 13.7. The summed E-state index contributed by atoms with van der Waals surface area (Å²) in [5.41, 5.74) is 0. The fraction of sp³-hybridized carbons (Fsp3) is 0.929. The first-order valence-corrected chi connectivity index (χ1v) is 8.86. The van der Waals surface area contributed by atoms with Crippen LogP contribution in [0.4, 0.5) is 0 Å². The molecular weight excluding hydrogens is 295 g/mol. The van der Waals surface area contributed by atoms with Crippen molar-refractivity contribution in [1.29, 1.82) is 0 Å². The third kappa shape index (κ3) is 12.9. The number of cyclic esters (lactones) is 1. The van der Waals surface area contributed by atoms with Crippen LogP contribution in [0.15, 0.2) is 0 Å². The Morgan fingerprint density at radius 3 is 2.00 bits per heavy atom. The molecule has 0 aromatic rings. The topological polar surface area (TPSA) is 104 Å². The molecule has 1 saturated heterocycles. The Morgan fingerprint density at radius 2 is 1.57 bits per heavy atom. The van der Waals surface area contributed by atoms with Crippen LogP contribution in [0.25, 0.3) is 0 Å². The summed E-state index contributed by atoms with van der Waals surface area (Å²) in [5, 5.41) is 9.51. The maximum absolute atomic E-state index is 10.9. The first kappa shape index (κ1) is 20.5. The summed E-state index contributed by atoms with van der Waals surface area (Å²) in [7, 11) is -2.87. The number of hydrogen-bond acceptors (Lipinski definition) is 4. The van der Waals surface area contributed by atoms with Gasteiger partial charge in [-0.3, -0.25) is 4.79 Å². The molecule has 0 aromatic heterocycles. The monoisotopic (exact) mass is 323 g/mol. The van der Waals surface area contributed by atoms with Gasteiger partial charge in [0.25, 0.3) is 0 Å². The zero-order valence-corrected chi connectivity index (χ0v) is 13.6. The van der Waals surface area contributed by atoms with E-state index in [1.165, 1.54) is 44.9 Å². The Labute approximate surface area is 127 Å². The molecule has 0 radical (unpaired) electrons. The van der Waals surface area contributed by atoms with Crippen molar-refractivity contribution in [2.75, 3.05) is 0 Å². The Bertz CT molecular complexity index is 293. The second kappa shape index (κ2) is 13.1. The highest BCUT2D eigenvalue weighted by atomic mass is 31.1. The van der Waals surface area contributed by atoms with Crippen molar-refractivity contribution in [2.24, 2.45) is 0 Å². The minimum Gasteiger partial charge on any atom is -0.460 e. The lowest BCUT2D eigenvalue weighted by atomic mass is 10.0. The number of aliphatic hydroxyl groups excluding tert-OH is 1. The van der Waals surface area contributed by atoms with Crippen molar-refractivity contribution in [3.63, 3.8) is 0 Å². The van der Waals surface area contributed by atoms with Gasteiger partial charge >= 0.3 is 14.2 Å². The standard InChI is InChI=1S/C14H26O3.HO3P/c1-2-3-4-5-6-7-8-9-10-13-12(15)11-14(16)17-13;1-4(2)3/h12-13,15H,2-11H2,1H3;(H-,1,2,3)/p+1. The lowest BCUT2D eigenvalue weighted by molar-refractivity contribution is -0.142. The number of rotatable bonds is 9. The molecule has 0 saturated carbocycles. The van der Waals surface area contributed by atoms with Gasteiger partial charge in [0.05, 0.1) is 6.42 Å². The van der Waals surface area contributed by atoms with Gasteiger partial charge in [-0.05, 0) is 12.8 Å². The molecule has 0 amide bonds. The Morgan fingerprint density at radius 1 is 1.10 bits per heavy atom. The summed E-state index contributed by atoms with van der Waals surface area (Å²) in [6, 6.07) is 0. The van der Waals surface area contributed by atoms with E-state index < -0.39 is 14.4 Å². The largest absolute Gasteiger partial charge is 0.692 e. The molecule has 7 heteroatoms. The highest BCUT2D eigenvalue weighted by Crippen LogP contribution is 2.20. The van der Waals surface area contributed by atoms with Gasteiger partial charge in [-0.15, -0.1) is 9.79 Å². The highest BCUT2D eigenvalue weighted by Gasteiger charge is 2.32. The molecule has 124 valence electrons. The molecule has 6 nitrogen and oxygen atoms in total. The van der Waals surface area contributed by atoms with E-state index in [-0.39, 0.29) is 18.5 Å². The lowest BCUT2D eigenvalue weighted by Gasteiger charge is -2.12. The molecule has 0 aliphatic carbocycles. The Hall–Kier alpha value is -0.550. The van der Waals surface area contributed by atoms with E-state index in [0.29, 0.717) is 0 Å². The summed E-state index contributed by atoms with van der Waals surface area (Å²) in [5.74, 6) is -0.248. The molecular formula is C14H28O6P+. The molecule has 1 aliphatic rings. The number of esters is 1. The van der Waals surface area contributed by atoms with E-state index in [1.54, 1.807) is 0 Å². The number of carbonyl (C=O) groups is 1. The van der Waals surface area contributed by atoms with Gasteiger partial charge in [0, 0.05) is 4.57 Å². The van der Waals surface area contributed by atoms with Crippen LogP contribution in [-0.2, 0) is 14.1 Å². The van der Waals surface area contributed by atoms with E-state index in [1.807, 2.05) is 0 Å². The third-order valence-corrected chi connectivity index (χ3v) is 3.43. The normalized spacial score (nSPS) is 20.7. The first-order valence-electron chi connectivity index (χ1n) is 7.70. The van der Waals surface area contributed by atoms with E-state index in [0.717, 1.165) is 12.8 Å². The summed E-state index contributed by atoms with van der Waals surface area (Å²) in [6.45, 7) is 2.23. The molecule has 1 fully saturated rings. The second-order valence-corrected chi connectivity index (χ2v) is 5.82. The fourth-order valence-electron chi connectivity index (χ4n) is 2.33. The van der Waals surface area contributed by atoms with E-state index >= 15 is 0 Å².